The normalized spacial score (nSPS) is 11.9. The smallest absolute Gasteiger partial charge is 0.355 e. The van der Waals surface area contributed by atoms with Gasteiger partial charge < -0.3 is 19.5 Å². The van der Waals surface area contributed by atoms with E-state index in [0.717, 1.165) is 22.4 Å². The van der Waals surface area contributed by atoms with E-state index in [1.807, 2.05) is 97.1 Å². The summed E-state index contributed by atoms with van der Waals surface area (Å²) in [5, 5.41) is 4.62. The van der Waals surface area contributed by atoms with Crippen molar-refractivity contribution in [1.82, 2.24) is 4.57 Å². The first-order valence-electron chi connectivity index (χ1n) is 12.6. The van der Waals surface area contributed by atoms with E-state index < -0.39 is 5.97 Å². The van der Waals surface area contributed by atoms with Gasteiger partial charge >= 0.3 is 5.97 Å². The maximum absolute atomic E-state index is 14.0. The molecular weight excluding hydrogens is 492 g/mol. The van der Waals surface area contributed by atoms with E-state index in [1.165, 1.54) is 11.7 Å². The third-order valence-electron chi connectivity index (χ3n) is 6.83. The first-order valence-corrected chi connectivity index (χ1v) is 12.6. The Morgan fingerprint density at radius 3 is 2.36 bits per heavy atom. The number of carbonyl (C=O) groups is 1. The van der Waals surface area contributed by atoms with Crippen LogP contribution in [0.1, 0.15) is 21.6 Å². The lowest BCUT2D eigenvalue weighted by molar-refractivity contribution is 0.0588. The number of rotatable bonds is 7. The van der Waals surface area contributed by atoms with Gasteiger partial charge in [0, 0.05) is 23.2 Å². The van der Waals surface area contributed by atoms with Crippen LogP contribution in [-0.4, -0.2) is 24.4 Å². The average Bonchev–Trinajstić information content (AvgIpc) is 3.46. The van der Waals surface area contributed by atoms with E-state index in [0.29, 0.717) is 34.4 Å². The van der Waals surface area contributed by atoms with Gasteiger partial charge in [-0.15, -0.1) is 0 Å². The second kappa shape index (κ2) is 10.4. The maximum Gasteiger partial charge on any atom is 0.355 e. The summed E-state index contributed by atoms with van der Waals surface area (Å²) in [6.45, 7) is 0.933. The minimum Gasteiger partial charge on any atom is -0.464 e. The minimum atomic E-state index is -0.587. The van der Waals surface area contributed by atoms with Crippen LogP contribution in [0, 0.1) is 0 Å². The SMILES string of the molecule is COC(=O)c1c(-c2ccccc2)c2cc(NCc3ccccc3)ccc2c(=O)n1Cc1ccc2c(c1)OCO2. The van der Waals surface area contributed by atoms with Crippen LogP contribution in [0.5, 0.6) is 11.5 Å². The van der Waals surface area contributed by atoms with Crippen molar-refractivity contribution in [3.05, 3.63) is 124 Å². The molecule has 0 bridgehead atoms. The Balaban J connectivity index is 1.54. The van der Waals surface area contributed by atoms with Crippen LogP contribution in [0.15, 0.2) is 102 Å². The van der Waals surface area contributed by atoms with E-state index >= 15 is 0 Å². The van der Waals surface area contributed by atoms with Crippen molar-refractivity contribution in [2.24, 2.45) is 0 Å². The van der Waals surface area contributed by atoms with Gasteiger partial charge in [-0.25, -0.2) is 4.79 Å². The molecule has 5 aromatic rings. The van der Waals surface area contributed by atoms with E-state index in [9.17, 15) is 9.59 Å². The van der Waals surface area contributed by atoms with Crippen LogP contribution in [0.2, 0.25) is 0 Å². The molecule has 1 N–H and O–H groups in total. The maximum atomic E-state index is 14.0. The Morgan fingerprint density at radius 2 is 1.59 bits per heavy atom. The molecule has 0 amide bonds. The summed E-state index contributed by atoms with van der Waals surface area (Å²) in [6, 6.07) is 30.8. The molecule has 0 saturated carbocycles. The van der Waals surface area contributed by atoms with Crippen LogP contribution in [0.25, 0.3) is 21.9 Å². The van der Waals surface area contributed by atoms with Gasteiger partial charge in [-0.1, -0.05) is 66.7 Å². The molecule has 194 valence electrons. The molecule has 39 heavy (non-hydrogen) atoms. The van der Waals surface area contributed by atoms with Gasteiger partial charge in [-0.05, 0) is 52.4 Å². The van der Waals surface area contributed by atoms with Crippen molar-refractivity contribution in [3.63, 3.8) is 0 Å². The van der Waals surface area contributed by atoms with Gasteiger partial charge in [0.15, 0.2) is 11.5 Å². The van der Waals surface area contributed by atoms with E-state index in [-0.39, 0.29) is 24.6 Å². The number of nitrogens with zero attached hydrogens (tertiary/aromatic N) is 1. The number of aromatic nitrogens is 1. The summed E-state index contributed by atoms with van der Waals surface area (Å²) < 4.78 is 17.7. The highest BCUT2D eigenvalue weighted by Gasteiger charge is 2.25. The zero-order valence-electron chi connectivity index (χ0n) is 21.3. The molecule has 7 heteroatoms. The van der Waals surface area contributed by atoms with Gasteiger partial charge in [0.2, 0.25) is 6.79 Å². The van der Waals surface area contributed by atoms with Crippen LogP contribution < -0.4 is 20.3 Å². The lowest BCUT2D eigenvalue weighted by Crippen LogP contribution is -2.28. The molecule has 6 rings (SSSR count). The lowest BCUT2D eigenvalue weighted by atomic mass is 9.96. The molecule has 0 radical (unpaired) electrons. The summed E-state index contributed by atoms with van der Waals surface area (Å²) in [6.07, 6.45) is 0. The lowest BCUT2D eigenvalue weighted by Gasteiger charge is -2.19. The molecule has 7 nitrogen and oxygen atoms in total. The number of methoxy groups -OCH3 is 1. The molecule has 1 aliphatic heterocycles. The molecule has 0 spiro atoms. The fourth-order valence-electron chi connectivity index (χ4n) is 4.94. The Bertz CT molecular complexity index is 1730. The van der Waals surface area contributed by atoms with Crippen LogP contribution in [-0.2, 0) is 17.8 Å². The molecular formula is C32H26N2O5. The van der Waals surface area contributed by atoms with Gasteiger partial charge in [0.1, 0.15) is 5.69 Å². The highest BCUT2D eigenvalue weighted by molar-refractivity contribution is 6.07. The van der Waals surface area contributed by atoms with Crippen molar-refractivity contribution >= 4 is 22.4 Å². The number of anilines is 1. The summed E-state index contributed by atoms with van der Waals surface area (Å²) >= 11 is 0. The quantitative estimate of drug-likeness (QED) is 0.273. The number of ether oxygens (including phenoxy) is 3. The molecule has 0 fully saturated rings. The topological polar surface area (TPSA) is 78.8 Å². The van der Waals surface area contributed by atoms with Crippen molar-refractivity contribution < 1.29 is 19.0 Å². The zero-order valence-corrected chi connectivity index (χ0v) is 21.3. The Kier molecular flexibility index (Phi) is 6.47. The highest BCUT2D eigenvalue weighted by atomic mass is 16.7. The molecule has 1 aliphatic rings. The monoisotopic (exact) mass is 518 g/mol. The average molecular weight is 519 g/mol. The van der Waals surface area contributed by atoms with Gasteiger partial charge in [0.05, 0.1) is 13.7 Å². The second-order valence-corrected chi connectivity index (χ2v) is 9.26. The van der Waals surface area contributed by atoms with E-state index in [2.05, 4.69) is 5.32 Å². The minimum absolute atomic E-state index is 0.154. The van der Waals surface area contributed by atoms with Gasteiger partial charge in [-0.2, -0.15) is 0 Å². The van der Waals surface area contributed by atoms with Gasteiger partial charge in [0.25, 0.3) is 5.56 Å². The molecule has 4 aromatic carbocycles. The molecule has 0 atom stereocenters. The zero-order chi connectivity index (χ0) is 26.8. The molecule has 2 heterocycles. The van der Waals surface area contributed by atoms with E-state index in [4.69, 9.17) is 14.2 Å². The molecule has 0 aliphatic carbocycles. The summed E-state index contributed by atoms with van der Waals surface area (Å²) in [5.74, 6) is 0.674. The Hall–Kier alpha value is -5.04. The number of hydrogen-bond donors (Lipinski definition) is 1. The summed E-state index contributed by atoms with van der Waals surface area (Å²) in [4.78, 5) is 27.3. The predicted molar refractivity (Wildman–Crippen MR) is 150 cm³/mol. The van der Waals surface area contributed by atoms with Crippen molar-refractivity contribution in [2.45, 2.75) is 13.1 Å². The van der Waals surface area contributed by atoms with E-state index in [1.54, 1.807) is 0 Å². The standard InChI is InChI=1S/C32H26N2O5/c1-37-32(36)30-29(23-10-6-3-7-11-23)26-17-24(33-18-21-8-4-2-5-9-21)13-14-25(26)31(35)34(30)19-22-12-15-27-28(16-22)39-20-38-27/h2-17,33H,18-20H2,1H3. The van der Waals surface area contributed by atoms with Crippen molar-refractivity contribution in [1.29, 1.82) is 0 Å². The fourth-order valence-corrected chi connectivity index (χ4v) is 4.94. The van der Waals surface area contributed by atoms with Crippen LogP contribution in [0.3, 0.4) is 0 Å². The molecule has 0 saturated heterocycles. The Morgan fingerprint density at radius 1 is 0.846 bits per heavy atom. The first kappa shape index (κ1) is 24.3. The number of carbonyl (C=O) groups excluding carboxylic acids is 1. The first-order chi connectivity index (χ1) is 19.1. The number of esters is 1. The molecule has 0 unspecified atom stereocenters. The van der Waals surface area contributed by atoms with Crippen molar-refractivity contribution in [2.75, 3.05) is 19.2 Å². The molecule has 1 aromatic heterocycles. The second-order valence-electron chi connectivity index (χ2n) is 9.26. The van der Waals surface area contributed by atoms with Gasteiger partial charge in [-0.3, -0.25) is 9.36 Å². The third-order valence-corrected chi connectivity index (χ3v) is 6.83. The van der Waals surface area contributed by atoms with Crippen LogP contribution in [0.4, 0.5) is 5.69 Å². The van der Waals surface area contributed by atoms with Crippen molar-refractivity contribution in [3.8, 4) is 22.6 Å². The van der Waals surface area contributed by atoms with Crippen LogP contribution >= 0.6 is 0 Å². The third kappa shape index (κ3) is 4.70. The summed E-state index contributed by atoms with van der Waals surface area (Å²) in [7, 11) is 1.33. The Labute approximate surface area is 225 Å². The fraction of sp³-hybridized carbons (Fsp3) is 0.125. The predicted octanol–water partition coefficient (Wildman–Crippen LogP) is 5.84. The number of benzene rings is 4. The largest absolute Gasteiger partial charge is 0.464 e. The number of fused-ring (bicyclic) bond motifs is 2. The highest BCUT2D eigenvalue weighted by Crippen LogP contribution is 2.35. The number of pyridine rings is 1. The summed E-state index contributed by atoms with van der Waals surface area (Å²) in [5.41, 5.74) is 4.13. The number of hydrogen-bond acceptors (Lipinski definition) is 6. The number of nitrogens with one attached hydrogen (secondary N) is 1.